The number of carbonyl (C=O) groups is 1. The summed E-state index contributed by atoms with van der Waals surface area (Å²) in [5, 5.41) is 8.84. The second-order valence-electron chi connectivity index (χ2n) is 7.84. The average molecular weight is 353 g/mol. The summed E-state index contributed by atoms with van der Waals surface area (Å²) in [6.45, 7) is 3.96. The highest BCUT2D eigenvalue weighted by Gasteiger charge is 2.39. The molecule has 5 heteroatoms. The number of hydrogen-bond acceptors (Lipinski definition) is 4. The third kappa shape index (κ3) is 3.71. The molecule has 1 aliphatic heterocycles. The molecule has 138 valence electrons. The predicted molar refractivity (Wildman–Crippen MR) is 98.7 cm³/mol. The molecule has 26 heavy (non-hydrogen) atoms. The normalized spacial score (nSPS) is 27.0. The van der Waals surface area contributed by atoms with Crippen LogP contribution in [-0.2, 0) is 4.79 Å². The molecule has 0 radical (unpaired) electrons. The first-order valence-corrected chi connectivity index (χ1v) is 9.92. The molecule has 0 N–H and O–H groups in total. The highest BCUT2D eigenvalue weighted by Crippen LogP contribution is 2.33. The van der Waals surface area contributed by atoms with Gasteiger partial charge in [0, 0.05) is 38.1 Å². The van der Waals surface area contributed by atoms with E-state index in [1.807, 2.05) is 12.1 Å². The van der Waals surface area contributed by atoms with Crippen molar-refractivity contribution in [1.29, 1.82) is 5.26 Å². The van der Waals surface area contributed by atoms with Crippen LogP contribution in [0.1, 0.15) is 44.1 Å². The van der Waals surface area contributed by atoms with E-state index >= 15 is 0 Å². The van der Waals surface area contributed by atoms with Gasteiger partial charge in [0.15, 0.2) is 0 Å². The van der Waals surface area contributed by atoms with E-state index in [-0.39, 0.29) is 12.0 Å². The topological polar surface area (TPSA) is 56.6 Å². The van der Waals surface area contributed by atoms with Gasteiger partial charge in [0.05, 0.1) is 11.6 Å². The van der Waals surface area contributed by atoms with Gasteiger partial charge in [0.25, 0.3) is 0 Å². The van der Waals surface area contributed by atoms with Crippen molar-refractivity contribution in [2.75, 3.05) is 26.2 Å². The highest BCUT2D eigenvalue weighted by atomic mass is 16.5. The van der Waals surface area contributed by atoms with Gasteiger partial charge in [-0.2, -0.15) is 5.26 Å². The first-order chi connectivity index (χ1) is 12.7. The summed E-state index contributed by atoms with van der Waals surface area (Å²) < 4.78 is 5.92. The van der Waals surface area contributed by atoms with E-state index in [1.165, 1.54) is 19.3 Å². The maximum Gasteiger partial charge on any atom is 0.226 e. The average Bonchev–Trinajstić information content (AvgIpc) is 2.82. The first kappa shape index (κ1) is 17.4. The lowest BCUT2D eigenvalue weighted by Crippen LogP contribution is -2.47. The molecular formula is C21H27N3O2. The summed E-state index contributed by atoms with van der Waals surface area (Å²) in [4.78, 5) is 17.5. The number of rotatable bonds is 4. The number of carbonyl (C=O) groups excluding carboxylic acids is 1. The van der Waals surface area contributed by atoms with Crippen molar-refractivity contribution in [3.63, 3.8) is 0 Å². The summed E-state index contributed by atoms with van der Waals surface area (Å²) in [7, 11) is 0. The van der Waals surface area contributed by atoms with Crippen molar-refractivity contribution >= 4 is 5.91 Å². The van der Waals surface area contributed by atoms with Crippen molar-refractivity contribution in [1.82, 2.24) is 9.80 Å². The van der Waals surface area contributed by atoms with E-state index < -0.39 is 0 Å². The van der Waals surface area contributed by atoms with Crippen LogP contribution in [0.3, 0.4) is 0 Å². The Labute approximate surface area is 155 Å². The van der Waals surface area contributed by atoms with Crippen LogP contribution in [0.5, 0.6) is 5.75 Å². The Hall–Kier alpha value is -2.06. The van der Waals surface area contributed by atoms with Crippen LogP contribution in [-0.4, -0.2) is 54.0 Å². The van der Waals surface area contributed by atoms with Gasteiger partial charge < -0.3 is 9.64 Å². The smallest absolute Gasteiger partial charge is 0.226 e. The van der Waals surface area contributed by atoms with Gasteiger partial charge in [-0.1, -0.05) is 6.42 Å². The minimum Gasteiger partial charge on any atom is -0.490 e. The summed E-state index contributed by atoms with van der Waals surface area (Å²) >= 11 is 0. The minimum atomic E-state index is 0.119. The molecule has 1 saturated heterocycles. The molecule has 0 unspecified atom stereocenters. The molecule has 1 aromatic rings. The lowest BCUT2D eigenvalue weighted by Gasteiger charge is -2.38. The maximum absolute atomic E-state index is 12.8. The predicted octanol–water partition coefficient (Wildman–Crippen LogP) is 2.80. The number of amides is 1. The summed E-state index contributed by atoms with van der Waals surface area (Å²) in [6, 6.07) is 10.1. The van der Waals surface area contributed by atoms with Gasteiger partial charge in [0.1, 0.15) is 11.9 Å². The Morgan fingerprint density at radius 2 is 1.81 bits per heavy atom. The van der Waals surface area contributed by atoms with E-state index in [0.29, 0.717) is 11.5 Å². The zero-order chi connectivity index (χ0) is 17.9. The fourth-order valence-corrected chi connectivity index (χ4v) is 4.20. The summed E-state index contributed by atoms with van der Waals surface area (Å²) in [5.74, 6) is 1.22. The van der Waals surface area contributed by atoms with E-state index in [0.717, 1.165) is 57.2 Å². The van der Waals surface area contributed by atoms with Crippen LogP contribution in [0.15, 0.2) is 24.3 Å². The molecule has 2 aliphatic carbocycles. The molecular weight excluding hydrogens is 326 g/mol. The Kier molecular flexibility index (Phi) is 5.12. The molecule has 0 bridgehead atoms. The van der Waals surface area contributed by atoms with Crippen LogP contribution >= 0.6 is 0 Å². The molecule has 0 spiro atoms. The van der Waals surface area contributed by atoms with Crippen LogP contribution < -0.4 is 4.74 Å². The third-order valence-electron chi connectivity index (χ3n) is 6.16. The number of nitriles is 1. The van der Waals surface area contributed by atoms with Crippen molar-refractivity contribution in [2.45, 2.75) is 50.7 Å². The molecule has 1 amide bonds. The van der Waals surface area contributed by atoms with Crippen LogP contribution in [0.25, 0.3) is 0 Å². The summed E-state index contributed by atoms with van der Waals surface area (Å²) in [5.41, 5.74) is 0.635. The number of hydrogen-bond donors (Lipinski definition) is 0. The number of nitrogens with zero attached hydrogens (tertiary/aromatic N) is 3. The van der Waals surface area contributed by atoms with Crippen LogP contribution in [0.2, 0.25) is 0 Å². The van der Waals surface area contributed by atoms with Gasteiger partial charge in [-0.15, -0.1) is 0 Å². The lowest BCUT2D eigenvalue weighted by molar-refractivity contribution is -0.141. The Morgan fingerprint density at radius 3 is 2.46 bits per heavy atom. The van der Waals surface area contributed by atoms with E-state index in [2.05, 4.69) is 15.9 Å². The van der Waals surface area contributed by atoms with E-state index in [1.54, 1.807) is 12.1 Å². The fourth-order valence-electron chi connectivity index (χ4n) is 4.20. The van der Waals surface area contributed by atoms with Crippen molar-refractivity contribution in [3.05, 3.63) is 29.8 Å². The molecule has 1 heterocycles. The van der Waals surface area contributed by atoms with Crippen LogP contribution in [0, 0.1) is 17.2 Å². The zero-order valence-electron chi connectivity index (χ0n) is 15.3. The fraction of sp³-hybridized carbons (Fsp3) is 0.619. The molecule has 0 aromatic heterocycles. The van der Waals surface area contributed by atoms with Gasteiger partial charge in [0.2, 0.25) is 5.91 Å². The van der Waals surface area contributed by atoms with Crippen molar-refractivity contribution in [3.8, 4) is 11.8 Å². The lowest BCUT2D eigenvalue weighted by atomic mass is 9.81. The van der Waals surface area contributed by atoms with E-state index in [4.69, 9.17) is 10.00 Å². The molecule has 2 saturated carbocycles. The van der Waals surface area contributed by atoms with E-state index in [9.17, 15) is 4.79 Å². The maximum atomic E-state index is 12.8. The quantitative estimate of drug-likeness (QED) is 0.835. The largest absolute Gasteiger partial charge is 0.490 e. The Balaban J connectivity index is 1.23. The van der Waals surface area contributed by atoms with Gasteiger partial charge in [-0.25, -0.2) is 0 Å². The standard InChI is InChI=1S/C21H27N3O2/c22-15-16-5-7-19(8-6-16)26-20-13-17(14-20)21(25)24-10-2-9-23(11-12-24)18-3-1-4-18/h5-8,17-18,20H,1-4,9-14H2/t17-,20+. The summed E-state index contributed by atoms with van der Waals surface area (Å²) in [6.07, 6.45) is 6.88. The SMILES string of the molecule is N#Cc1ccc(O[C@H]2C[C@@H](C(=O)N3CCCN(C4CCC4)CC3)C2)cc1. The first-order valence-electron chi connectivity index (χ1n) is 9.92. The number of benzene rings is 1. The highest BCUT2D eigenvalue weighted by molar-refractivity contribution is 5.80. The van der Waals surface area contributed by atoms with Crippen molar-refractivity contribution < 1.29 is 9.53 Å². The minimum absolute atomic E-state index is 0.119. The molecule has 3 fully saturated rings. The van der Waals surface area contributed by atoms with Gasteiger partial charge in [-0.05, 0) is 56.4 Å². The molecule has 1 aromatic carbocycles. The Bertz CT molecular complexity index is 671. The Morgan fingerprint density at radius 1 is 1.04 bits per heavy atom. The van der Waals surface area contributed by atoms with Crippen LogP contribution in [0.4, 0.5) is 0 Å². The third-order valence-corrected chi connectivity index (χ3v) is 6.16. The second kappa shape index (κ2) is 7.67. The number of ether oxygens (including phenoxy) is 1. The molecule has 5 nitrogen and oxygen atoms in total. The van der Waals surface area contributed by atoms with Gasteiger partial charge >= 0.3 is 0 Å². The molecule has 0 atom stereocenters. The molecule has 3 aliphatic rings. The van der Waals surface area contributed by atoms with Crippen molar-refractivity contribution in [2.24, 2.45) is 5.92 Å². The van der Waals surface area contributed by atoms with Gasteiger partial charge in [-0.3, -0.25) is 9.69 Å². The molecule has 4 rings (SSSR count). The second-order valence-corrected chi connectivity index (χ2v) is 7.84. The monoisotopic (exact) mass is 353 g/mol. The zero-order valence-corrected chi connectivity index (χ0v) is 15.3.